The number of aromatic nitrogens is 2. The van der Waals surface area contributed by atoms with Crippen molar-refractivity contribution in [3.05, 3.63) is 59.7 Å². The fourth-order valence-electron chi connectivity index (χ4n) is 3.87. The van der Waals surface area contributed by atoms with E-state index in [-0.39, 0.29) is 22.2 Å². The highest BCUT2D eigenvalue weighted by Crippen LogP contribution is 2.31. The molecule has 0 aliphatic carbocycles. The molecule has 0 radical (unpaired) electrons. The van der Waals surface area contributed by atoms with Gasteiger partial charge in [0.05, 0.1) is 12.7 Å². The molecule has 1 aliphatic rings. The number of halogens is 1. The summed E-state index contributed by atoms with van der Waals surface area (Å²) in [7, 11) is -2.24. The SMILES string of the molecule is COc1ccc(C)cc1S(=O)(=O)N1CCCC(Cc2nc(-c3ccccc3F)no2)C1. The third kappa shape index (κ3) is 4.47. The van der Waals surface area contributed by atoms with Crippen LogP contribution in [0.25, 0.3) is 11.4 Å². The second-order valence-corrected chi connectivity index (χ2v) is 9.63. The summed E-state index contributed by atoms with van der Waals surface area (Å²) in [5.41, 5.74) is 1.12. The van der Waals surface area contributed by atoms with E-state index in [1.165, 1.54) is 17.5 Å². The Morgan fingerprint density at radius 1 is 1.26 bits per heavy atom. The highest BCUT2D eigenvalue weighted by molar-refractivity contribution is 7.89. The van der Waals surface area contributed by atoms with Gasteiger partial charge in [0.25, 0.3) is 0 Å². The van der Waals surface area contributed by atoms with E-state index in [0.717, 1.165) is 18.4 Å². The fraction of sp³-hybridized carbons (Fsp3) is 0.364. The van der Waals surface area contributed by atoms with Crippen LogP contribution in [0.3, 0.4) is 0 Å². The van der Waals surface area contributed by atoms with Gasteiger partial charge in [0.2, 0.25) is 21.7 Å². The number of hydrogen-bond acceptors (Lipinski definition) is 6. The van der Waals surface area contributed by atoms with Crippen LogP contribution in [0.2, 0.25) is 0 Å². The first kappa shape index (κ1) is 21.5. The number of ether oxygens (including phenoxy) is 1. The van der Waals surface area contributed by atoms with Gasteiger partial charge in [-0.3, -0.25) is 0 Å². The molecule has 1 atom stereocenters. The molecule has 4 rings (SSSR count). The summed E-state index contributed by atoms with van der Waals surface area (Å²) >= 11 is 0. The van der Waals surface area contributed by atoms with E-state index < -0.39 is 15.8 Å². The average molecular weight is 446 g/mol. The molecule has 1 aromatic heterocycles. The first-order valence-corrected chi connectivity index (χ1v) is 11.5. The van der Waals surface area contributed by atoms with E-state index in [9.17, 15) is 12.8 Å². The molecule has 9 heteroatoms. The van der Waals surface area contributed by atoms with Gasteiger partial charge in [-0.15, -0.1) is 0 Å². The smallest absolute Gasteiger partial charge is 0.246 e. The van der Waals surface area contributed by atoms with Gasteiger partial charge in [-0.2, -0.15) is 9.29 Å². The molecule has 7 nitrogen and oxygen atoms in total. The summed E-state index contributed by atoms with van der Waals surface area (Å²) < 4.78 is 52.7. The molecule has 0 bridgehead atoms. The molecule has 1 aliphatic heterocycles. The van der Waals surface area contributed by atoms with E-state index in [2.05, 4.69) is 10.1 Å². The lowest BCUT2D eigenvalue weighted by Gasteiger charge is -2.31. The maximum Gasteiger partial charge on any atom is 0.246 e. The molecule has 164 valence electrons. The van der Waals surface area contributed by atoms with Crippen LogP contribution in [0.15, 0.2) is 51.9 Å². The minimum atomic E-state index is -3.70. The number of sulfonamides is 1. The Labute approximate surface area is 180 Å². The van der Waals surface area contributed by atoms with Gasteiger partial charge in [-0.25, -0.2) is 12.8 Å². The molecule has 0 amide bonds. The number of aryl methyl sites for hydroxylation is 1. The van der Waals surface area contributed by atoms with Gasteiger partial charge in [0.15, 0.2) is 0 Å². The summed E-state index contributed by atoms with van der Waals surface area (Å²) in [4.78, 5) is 4.49. The average Bonchev–Trinajstić information content (AvgIpc) is 3.22. The molecule has 2 aromatic carbocycles. The maximum absolute atomic E-state index is 14.0. The lowest BCUT2D eigenvalue weighted by atomic mass is 9.96. The Kier molecular flexibility index (Phi) is 6.06. The third-order valence-electron chi connectivity index (χ3n) is 5.46. The monoisotopic (exact) mass is 445 g/mol. The normalized spacial score (nSPS) is 17.6. The lowest BCUT2D eigenvalue weighted by molar-refractivity contribution is 0.246. The van der Waals surface area contributed by atoms with Crippen LogP contribution >= 0.6 is 0 Å². The van der Waals surface area contributed by atoms with Crippen molar-refractivity contribution in [3.8, 4) is 17.1 Å². The van der Waals surface area contributed by atoms with E-state index in [0.29, 0.717) is 31.2 Å². The highest BCUT2D eigenvalue weighted by atomic mass is 32.2. The molecule has 1 saturated heterocycles. The van der Waals surface area contributed by atoms with Gasteiger partial charge in [0, 0.05) is 19.5 Å². The molecule has 0 saturated carbocycles. The summed E-state index contributed by atoms with van der Waals surface area (Å²) in [6.45, 7) is 2.64. The fourth-order valence-corrected chi connectivity index (χ4v) is 5.67. The van der Waals surface area contributed by atoms with Crippen LogP contribution in [-0.2, 0) is 16.4 Å². The Hall–Kier alpha value is -2.78. The van der Waals surface area contributed by atoms with Crippen LogP contribution in [-0.4, -0.2) is 43.1 Å². The Balaban J connectivity index is 1.51. The third-order valence-corrected chi connectivity index (χ3v) is 7.35. The highest BCUT2D eigenvalue weighted by Gasteiger charge is 2.33. The van der Waals surface area contributed by atoms with E-state index in [1.54, 1.807) is 30.3 Å². The van der Waals surface area contributed by atoms with Crippen LogP contribution in [0.5, 0.6) is 5.75 Å². The lowest BCUT2D eigenvalue weighted by Crippen LogP contribution is -2.40. The first-order valence-electron chi connectivity index (χ1n) is 10.1. The predicted molar refractivity (Wildman–Crippen MR) is 113 cm³/mol. The molecular formula is C22H24FN3O4S. The quantitative estimate of drug-likeness (QED) is 0.573. The van der Waals surface area contributed by atoms with Crippen LogP contribution in [0.4, 0.5) is 4.39 Å². The van der Waals surface area contributed by atoms with Crippen LogP contribution in [0.1, 0.15) is 24.3 Å². The molecule has 3 aromatic rings. The predicted octanol–water partition coefficient (Wildman–Crippen LogP) is 3.84. The zero-order chi connectivity index (χ0) is 22.0. The van der Waals surface area contributed by atoms with Gasteiger partial charge >= 0.3 is 0 Å². The van der Waals surface area contributed by atoms with Gasteiger partial charge in [-0.1, -0.05) is 23.4 Å². The molecule has 0 N–H and O–H groups in total. The molecule has 0 spiro atoms. The Morgan fingerprint density at radius 3 is 2.84 bits per heavy atom. The van der Waals surface area contributed by atoms with Crippen LogP contribution in [0, 0.1) is 18.7 Å². The summed E-state index contributed by atoms with van der Waals surface area (Å²) in [6, 6.07) is 11.4. The largest absolute Gasteiger partial charge is 0.495 e. The van der Waals surface area contributed by atoms with Crippen molar-refractivity contribution >= 4 is 10.0 Å². The van der Waals surface area contributed by atoms with Crippen LogP contribution < -0.4 is 4.74 Å². The second-order valence-electron chi connectivity index (χ2n) is 7.72. The van der Waals surface area contributed by atoms with E-state index >= 15 is 0 Å². The van der Waals surface area contributed by atoms with Gasteiger partial charge < -0.3 is 9.26 Å². The van der Waals surface area contributed by atoms with Crippen molar-refractivity contribution in [1.82, 2.24) is 14.4 Å². The molecule has 1 fully saturated rings. The van der Waals surface area contributed by atoms with E-state index in [4.69, 9.17) is 9.26 Å². The van der Waals surface area contributed by atoms with Crippen molar-refractivity contribution in [3.63, 3.8) is 0 Å². The molecular weight excluding hydrogens is 421 g/mol. The van der Waals surface area contributed by atoms with Gasteiger partial charge in [0.1, 0.15) is 16.5 Å². The number of piperidine rings is 1. The number of benzene rings is 2. The van der Waals surface area contributed by atoms with Crippen molar-refractivity contribution in [2.24, 2.45) is 5.92 Å². The Morgan fingerprint density at radius 2 is 2.06 bits per heavy atom. The molecule has 2 heterocycles. The zero-order valence-corrected chi connectivity index (χ0v) is 18.2. The van der Waals surface area contributed by atoms with Gasteiger partial charge in [-0.05, 0) is 55.5 Å². The molecule has 1 unspecified atom stereocenters. The number of rotatable bonds is 6. The van der Waals surface area contributed by atoms with Crippen molar-refractivity contribution < 1.29 is 22.1 Å². The number of hydrogen-bond donors (Lipinski definition) is 0. The van der Waals surface area contributed by atoms with Crippen molar-refractivity contribution in [2.45, 2.75) is 31.1 Å². The zero-order valence-electron chi connectivity index (χ0n) is 17.4. The summed E-state index contributed by atoms with van der Waals surface area (Å²) in [5.74, 6) is 0.498. The topological polar surface area (TPSA) is 85.5 Å². The molecule has 31 heavy (non-hydrogen) atoms. The first-order chi connectivity index (χ1) is 14.9. The van der Waals surface area contributed by atoms with Crippen molar-refractivity contribution in [1.29, 1.82) is 0 Å². The standard InChI is InChI=1S/C22H24FN3O4S/c1-15-9-10-19(29-2)20(12-15)31(27,28)26-11-5-6-16(14-26)13-21-24-22(25-30-21)17-7-3-4-8-18(17)23/h3-4,7-10,12,16H,5-6,11,13-14H2,1-2H3. The maximum atomic E-state index is 14.0. The minimum absolute atomic E-state index is 0.0215. The summed E-state index contributed by atoms with van der Waals surface area (Å²) in [5, 5.41) is 3.89. The number of nitrogens with zero attached hydrogens (tertiary/aromatic N) is 3. The van der Waals surface area contributed by atoms with E-state index in [1.807, 2.05) is 13.0 Å². The second kappa shape index (κ2) is 8.76. The summed E-state index contributed by atoms with van der Waals surface area (Å²) in [6.07, 6.45) is 2.00. The van der Waals surface area contributed by atoms with Crippen molar-refractivity contribution in [2.75, 3.05) is 20.2 Å². The Bertz CT molecular complexity index is 1180. The minimum Gasteiger partial charge on any atom is -0.495 e. The number of methoxy groups -OCH3 is 1.